The largest absolute Gasteiger partial charge is 0.508 e. The Morgan fingerprint density at radius 3 is 1.55 bits per heavy atom. The minimum absolute atomic E-state index is 0.245. The maximum atomic E-state index is 9.28. The zero-order valence-electron chi connectivity index (χ0n) is 10.7. The van der Waals surface area contributed by atoms with E-state index in [2.05, 4.69) is 4.98 Å². The predicted octanol–water partition coefficient (Wildman–Crippen LogP) is 3.83. The molecule has 2 N–H and O–H groups in total. The Morgan fingerprint density at radius 1 is 0.550 bits per heavy atom. The minimum Gasteiger partial charge on any atom is -0.508 e. The smallest absolute Gasteiger partial charge is 0.115 e. The van der Waals surface area contributed by atoms with Crippen LogP contribution in [-0.4, -0.2) is 15.2 Å². The van der Waals surface area contributed by atoms with E-state index in [0.29, 0.717) is 0 Å². The van der Waals surface area contributed by atoms with Gasteiger partial charge in [-0.05, 0) is 48.0 Å². The maximum absolute atomic E-state index is 9.28. The standard InChI is InChI=1S/C17H13NO2/c19-15-6-1-12(2-7-15)14-5-10-17(18-11-14)13-3-8-16(20)9-4-13/h1-11,19-20H. The molecule has 3 nitrogen and oxygen atoms in total. The third kappa shape index (κ3) is 2.47. The second-order valence-corrected chi connectivity index (χ2v) is 4.53. The average Bonchev–Trinajstić information content (AvgIpc) is 2.49. The van der Waals surface area contributed by atoms with Crippen molar-refractivity contribution >= 4 is 0 Å². The molecule has 0 unspecified atom stereocenters. The van der Waals surface area contributed by atoms with Crippen LogP contribution in [0.1, 0.15) is 0 Å². The molecule has 3 rings (SSSR count). The van der Waals surface area contributed by atoms with Gasteiger partial charge in [0.05, 0.1) is 5.69 Å². The summed E-state index contributed by atoms with van der Waals surface area (Å²) in [6.45, 7) is 0. The average molecular weight is 263 g/mol. The normalized spacial score (nSPS) is 10.4. The van der Waals surface area contributed by atoms with Crippen molar-refractivity contribution in [2.24, 2.45) is 0 Å². The molecule has 98 valence electrons. The van der Waals surface area contributed by atoms with E-state index >= 15 is 0 Å². The molecule has 0 aliphatic carbocycles. The summed E-state index contributed by atoms with van der Waals surface area (Å²) in [5.41, 5.74) is 3.81. The Morgan fingerprint density at radius 2 is 1.05 bits per heavy atom. The molecule has 3 aromatic rings. The fourth-order valence-electron chi connectivity index (χ4n) is 2.02. The lowest BCUT2D eigenvalue weighted by Crippen LogP contribution is -1.84. The van der Waals surface area contributed by atoms with E-state index in [-0.39, 0.29) is 11.5 Å². The molecule has 0 amide bonds. The summed E-state index contributed by atoms with van der Waals surface area (Å²) in [6.07, 6.45) is 1.80. The summed E-state index contributed by atoms with van der Waals surface area (Å²) in [7, 11) is 0. The highest BCUT2D eigenvalue weighted by Crippen LogP contribution is 2.24. The van der Waals surface area contributed by atoms with Gasteiger partial charge in [0.2, 0.25) is 0 Å². The Kier molecular flexibility index (Phi) is 3.09. The van der Waals surface area contributed by atoms with Crippen LogP contribution in [0.3, 0.4) is 0 Å². The third-order valence-electron chi connectivity index (χ3n) is 3.13. The first-order chi connectivity index (χ1) is 9.72. The number of rotatable bonds is 2. The Bertz CT molecular complexity index is 637. The van der Waals surface area contributed by atoms with Gasteiger partial charge in [-0.25, -0.2) is 0 Å². The van der Waals surface area contributed by atoms with Crippen molar-refractivity contribution in [1.29, 1.82) is 0 Å². The molecular formula is C17H13NO2. The van der Waals surface area contributed by atoms with E-state index in [4.69, 9.17) is 0 Å². The first-order valence-electron chi connectivity index (χ1n) is 6.27. The van der Waals surface area contributed by atoms with Gasteiger partial charge in [-0.3, -0.25) is 4.98 Å². The summed E-state index contributed by atoms with van der Waals surface area (Å²) in [5.74, 6) is 0.497. The number of benzene rings is 2. The Balaban J connectivity index is 1.91. The number of phenols is 2. The van der Waals surface area contributed by atoms with Gasteiger partial charge in [-0.15, -0.1) is 0 Å². The first kappa shape index (κ1) is 12.2. The molecule has 20 heavy (non-hydrogen) atoms. The number of nitrogens with zero attached hydrogens (tertiary/aromatic N) is 1. The van der Waals surface area contributed by atoms with E-state index in [9.17, 15) is 10.2 Å². The highest BCUT2D eigenvalue weighted by Gasteiger charge is 2.02. The van der Waals surface area contributed by atoms with Crippen LogP contribution in [0.2, 0.25) is 0 Å². The van der Waals surface area contributed by atoms with Gasteiger partial charge < -0.3 is 10.2 Å². The van der Waals surface area contributed by atoms with Crippen molar-refractivity contribution in [2.45, 2.75) is 0 Å². The molecule has 0 aliphatic rings. The van der Waals surface area contributed by atoms with Crippen molar-refractivity contribution in [3.63, 3.8) is 0 Å². The van der Waals surface area contributed by atoms with E-state index in [1.54, 1.807) is 30.5 Å². The second kappa shape index (κ2) is 5.05. The molecule has 2 aromatic carbocycles. The number of pyridine rings is 1. The summed E-state index contributed by atoms with van der Waals surface area (Å²) in [6, 6.07) is 17.9. The van der Waals surface area contributed by atoms with Crippen LogP contribution in [0.5, 0.6) is 11.5 Å². The zero-order chi connectivity index (χ0) is 13.9. The lowest BCUT2D eigenvalue weighted by molar-refractivity contribution is 0.475. The van der Waals surface area contributed by atoms with Crippen LogP contribution in [0, 0.1) is 0 Å². The van der Waals surface area contributed by atoms with Gasteiger partial charge in [0.1, 0.15) is 11.5 Å². The van der Waals surface area contributed by atoms with Crippen LogP contribution in [0.15, 0.2) is 66.9 Å². The molecule has 3 heteroatoms. The third-order valence-corrected chi connectivity index (χ3v) is 3.13. The SMILES string of the molecule is Oc1ccc(-c2ccc(-c3ccc(O)cc3)nc2)cc1. The quantitative estimate of drug-likeness (QED) is 0.738. The predicted molar refractivity (Wildman–Crippen MR) is 78.4 cm³/mol. The fourth-order valence-corrected chi connectivity index (χ4v) is 2.02. The molecule has 0 saturated carbocycles. The molecule has 0 atom stereocenters. The van der Waals surface area contributed by atoms with Gasteiger partial charge in [-0.1, -0.05) is 18.2 Å². The Hall–Kier alpha value is -2.81. The monoisotopic (exact) mass is 263 g/mol. The molecule has 0 saturated heterocycles. The van der Waals surface area contributed by atoms with Crippen molar-refractivity contribution in [3.05, 3.63) is 66.9 Å². The molecular weight excluding hydrogens is 250 g/mol. The number of hydrogen-bond acceptors (Lipinski definition) is 3. The lowest BCUT2D eigenvalue weighted by Gasteiger charge is -2.04. The number of hydrogen-bond donors (Lipinski definition) is 2. The highest BCUT2D eigenvalue weighted by atomic mass is 16.3. The number of aromatic nitrogens is 1. The molecule has 0 radical (unpaired) electrons. The molecule has 0 spiro atoms. The molecule has 1 aromatic heterocycles. The first-order valence-corrected chi connectivity index (χ1v) is 6.27. The molecule has 0 bridgehead atoms. The minimum atomic E-state index is 0.245. The van der Waals surface area contributed by atoms with Gasteiger partial charge in [0.15, 0.2) is 0 Å². The Labute approximate surface area is 116 Å². The van der Waals surface area contributed by atoms with E-state index in [1.165, 1.54) is 0 Å². The van der Waals surface area contributed by atoms with E-state index in [0.717, 1.165) is 22.4 Å². The zero-order valence-corrected chi connectivity index (χ0v) is 10.7. The highest BCUT2D eigenvalue weighted by molar-refractivity contribution is 5.67. The van der Waals surface area contributed by atoms with Gasteiger partial charge in [0.25, 0.3) is 0 Å². The maximum Gasteiger partial charge on any atom is 0.115 e. The van der Waals surface area contributed by atoms with E-state index < -0.39 is 0 Å². The van der Waals surface area contributed by atoms with Gasteiger partial charge in [-0.2, -0.15) is 0 Å². The second-order valence-electron chi connectivity index (χ2n) is 4.53. The lowest BCUT2D eigenvalue weighted by atomic mass is 10.1. The summed E-state index contributed by atoms with van der Waals surface area (Å²) in [4.78, 5) is 4.43. The number of phenolic OH excluding ortho intramolecular Hbond substituents is 2. The van der Waals surface area contributed by atoms with Crippen LogP contribution >= 0.6 is 0 Å². The summed E-state index contributed by atoms with van der Waals surface area (Å²) >= 11 is 0. The number of aromatic hydroxyl groups is 2. The van der Waals surface area contributed by atoms with E-state index in [1.807, 2.05) is 36.4 Å². The van der Waals surface area contributed by atoms with Crippen molar-refractivity contribution < 1.29 is 10.2 Å². The van der Waals surface area contributed by atoms with Crippen LogP contribution in [0.25, 0.3) is 22.4 Å². The van der Waals surface area contributed by atoms with Crippen LogP contribution < -0.4 is 0 Å². The van der Waals surface area contributed by atoms with Crippen LogP contribution in [-0.2, 0) is 0 Å². The molecule has 1 heterocycles. The van der Waals surface area contributed by atoms with Crippen LogP contribution in [0.4, 0.5) is 0 Å². The fraction of sp³-hybridized carbons (Fsp3) is 0. The summed E-state index contributed by atoms with van der Waals surface area (Å²) in [5, 5.41) is 18.6. The van der Waals surface area contributed by atoms with Gasteiger partial charge >= 0.3 is 0 Å². The van der Waals surface area contributed by atoms with Crippen molar-refractivity contribution in [2.75, 3.05) is 0 Å². The van der Waals surface area contributed by atoms with Crippen molar-refractivity contribution in [3.8, 4) is 33.9 Å². The van der Waals surface area contributed by atoms with Gasteiger partial charge in [0, 0.05) is 17.3 Å². The topological polar surface area (TPSA) is 53.4 Å². The summed E-state index contributed by atoms with van der Waals surface area (Å²) < 4.78 is 0. The molecule has 0 aliphatic heterocycles. The molecule has 0 fully saturated rings. The van der Waals surface area contributed by atoms with Crippen molar-refractivity contribution in [1.82, 2.24) is 4.98 Å².